The zero-order valence-electron chi connectivity index (χ0n) is 48.8. The molecule has 0 saturated heterocycles. The van der Waals surface area contributed by atoms with Crippen LogP contribution in [0, 0.1) is 0 Å². The monoisotopic (exact) mass is 1200 g/mol. The van der Waals surface area contributed by atoms with Gasteiger partial charge in [0.15, 0.2) is 97.3 Å². The Balaban J connectivity index is 6.31. The topological polar surface area (TPSA) is 102 Å². The third-order valence-corrected chi connectivity index (χ3v) is 67.1. The lowest BCUT2D eigenvalue weighted by Crippen LogP contribution is -2.62. The molecule has 0 heterocycles. The Bertz CT molecular complexity index is 1200. The van der Waals surface area contributed by atoms with Crippen molar-refractivity contribution >= 4 is 131 Å². The fraction of sp³-hybridized carbons (Fsp3) is 1.00. The van der Waals surface area contributed by atoms with E-state index in [4.69, 9.17) is 46.5 Å². The Morgan fingerprint density at radius 3 is 0.881 bits per heavy atom. The molecule has 0 amide bonds. The van der Waals surface area contributed by atoms with Crippen LogP contribution in [0.5, 0.6) is 0 Å². The third-order valence-electron chi connectivity index (χ3n) is 12.4. The SMILES string of the molecule is CCC[Si](C[Si](C)(C)CC[SiH2]OC)(O[Si](C)(C)CC[SiH2]OC)O[Si](C)(C)CC[Si](C)(C)O[Si](C)(C)O[Si](C)(C)CC[Si](C)(C)O[Si](CCC)(O[Si](C)(C)CC[SiH2]OC)O[Si](C)(C)CC[SiH2]OC. The van der Waals surface area contributed by atoms with Gasteiger partial charge in [0.2, 0.25) is 0 Å². The summed E-state index contributed by atoms with van der Waals surface area (Å²) in [4.78, 5) is 0. The van der Waals surface area contributed by atoms with Crippen LogP contribution in [-0.4, -0.2) is 160 Å². The highest BCUT2D eigenvalue weighted by atomic mass is 28.5. The van der Waals surface area contributed by atoms with Crippen LogP contribution in [-0.2, 0) is 46.5 Å². The molecule has 0 bridgehead atoms. The summed E-state index contributed by atoms with van der Waals surface area (Å²) in [7, 11) is -18.8. The standard InChI is InChI=1S/C41H114O11Si15/c1-25-31-66(41-57(7,8)33-27-53-42-3,48-58(9,10)34-28-54-43-4)49-63(19,20)39-37-61(15,16)46-65(23,24)47-62(17,18)38-40-64(21,22)52-67(32-26-2,50-59(11,12)35-29-55-44-5)51-60(13,14)36-30-56-45-6/h25-41,53-56H2,1-24H3. The van der Waals surface area contributed by atoms with Crippen molar-refractivity contribution in [1.82, 2.24) is 0 Å². The van der Waals surface area contributed by atoms with E-state index in [9.17, 15) is 0 Å². The minimum Gasteiger partial charge on any atom is -0.437 e. The Kier molecular flexibility index (Phi) is 32.4. The first-order chi connectivity index (χ1) is 30.4. The molecule has 0 fully saturated rings. The highest BCUT2D eigenvalue weighted by Gasteiger charge is 2.53. The zero-order chi connectivity index (χ0) is 52.1. The maximum atomic E-state index is 7.78. The van der Waals surface area contributed by atoms with Crippen molar-refractivity contribution in [3.63, 3.8) is 0 Å². The lowest BCUT2D eigenvalue weighted by molar-refractivity contribution is 0.246. The van der Waals surface area contributed by atoms with Gasteiger partial charge in [-0.2, -0.15) is 0 Å². The van der Waals surface area contributed by atoms with Gasteiger partial charge in [-0.15, -0.1) is 0 Å². The van der Waals surface area contributed by atoms with Crippen LogP contribution in [0.25, 0.3) is 0 Å². The Labute approximate surface area is 437 Å². The zero-order valence-corrected chi connectivity index (χ0v) is 65.5. The van der Waals surface area contributed by atoms with E-state index in [0.29, 0.717) is 0 Å². The van der Waals surface area contributed by atoms with Gasteiger partial charge in [0.05, 0.1) is 0 Å². The molecule has 0 radical (unpaired) electrons. The molecule has 67 heavy (non-hydrogen) atoms. The van der Waals surface area contributed by atoms with Crippen LogP contribution in [0.1, 0.15) is 26.7 Å². The fourth-order valence-electron chi connectivity index (χ4n) is 9.81. The average Bonchev–Trinajstić information content (AvgIpc) is 3.11. The second-order valence-corrected chi connectivity index (χ2v) is 79.1. The normalized spacial score (nSPS) is 16.8. The summed E-state index contributed by atoms with van der Waals surface area (Å²) in [6.45, 7) is 48.3. The third kappa shape index (κ3) is 32.8. The fourth-order valence-corrected chi connectivity index (χ4v) is 83.9. The van der Waals surface area contributed by atoms with E-state index >= 15 is 0 Å². The summed E-state index contributed by atoms with van der Waals surface area (Å²) >= 11 is 0. The van der Waals surface area contributed by atoms with E-state index in [1.165, 1.54) is 29.8 Å². The summed E-state index contributed by atoms with van der Waals surface area (Å²) in [6.07, 6.45) is 2.12. The lowest BCUT2D eigenvalue weighted by Gasteiger charge is -2.46. The molecule has 0 N–H and O–H groups in total. The van der Waals surface area contributed by atoms with Gasteiger partial charge in [0.1, 0.15) is 0 Å². The van der Waals surface area contributed by atoms with Crippen molar-refractivity contribution in [2.75, 3.05) is 28.4 Å². The summed E-state index contributed by atoms with van der Waals surface area (Å²) in [6, 6.07) is 15.7. The minimum absolute atomic E-state index is 0.440. The largest absolute Gasteiger partial charge is 0.469 e. The van der Waals surface area contributed by atoms with Gasteiger partial charge < -0.3 is 46.5 Å². The van der Waals surface area contributed by atoms with Crippen molar-refractivity contribution in [2.24, 2.45) is 0 Å². The van der Waals surface area contributed by atoms with Crippen molar-refractivity contribution in [1.29, 1.82) is 0 Å². The summed E-state index contributed by atoms with van der Waals surface area (Å²) in [5.41, 5.74) is 1.20. The van der Waals surface area contributed by atoms with Crippen LogP contribution in [0.4, 0.5) is 0 Å². The predicted octanol–water partition coefficient (Wildman–Crippen LogP) is 11.3. The molecule has 11 nitrogen and oxygen atoms in total. The smallest absolute Gasteiger partial charge is 0.437 e. The maximum Gasteiger partial charge on any atom is 0.469 e. The van der Waals surface area contributed by atoms with Gasteiger partial charge in [0.25, 0.3) is 0 Å². The first-order valence-corrected chi connectivity index (χ1v) is 64.8. The van der Waals surface area contributed by atoms with Crippen molar-refractivity contribution < 1.29 is 46.5 Å². The molecule has 1 atom stereocenters. The maximum absolute atomic E-state index is 7.78. The molecule has 404 valence electrons. The van der Waals surface area contributed by atoms with Gasteiger partial charge in [0, 0.05) is 42.6 Å². The van der Waals surface area contributed by atoms with Crippen LogP contribution in [0.2, 0.25) is 208 Å². The molecule has 1 unspecified atom stereocenters. The van der Waals surface area contributed by atoms with E-state index in [-0.39, 0.29) is 0 Å². The molecule has 0 spiro atoms. The highest BCUT2D eigenvalue weighted by molar-refractivity contribution is 6.98. The lowest BCUT2D eigenvalue weighted by atomic mass is 10.6. The summed E-state index contributed by atoms with van der Waals surface area (Å²) in [5.74, 6) is 0. The van der Waals surface area contributed by atoms with Gasteiger partial charge in [-0.3, -0.25) is 0 Å². The van der Waals surface area contributed by atoms with Crippen LogP contribution < -0.4 is 0 Å². The molecule has 0 aliphatic heterocycles. The quantitative estimate of drug-likeness (QED) is 0.0431. The van der Waals surface area contributed by atoms with E-state index in [1.54, 1.807) is 0 Å². The molecule has 0 rings (SSSR count). The molecule has 0 aliphatic rings. The Hall–Kier alpha value is 2.81. The second-order valence-electron chi connectivity index (χ2n) is 25.3. The van der Waals surface area contributed by atoms with Crippen molar-refractivity contribution in [3.05, 3.63) is 0 Å². The molecule has 0 saturated carbocycles. The molecule has 26 heteroatoms. The van der Waals surface area contributed by atoms with E-state index in [1.807, 2.05) is 28.4 Å². The molecular formula is C41H114O11Si15. The molecule has 0 aliphatic carbocycles. The highest BCUT2D eigenvalue weighted by Crippen LogP contribution is 2.39. The van der Waals surface area contributed by atoms with Crippen LogP contribution in [0.3, 0.4) is 0 Å². The molecular weight excluding hydrogens is 1090 g/mol. The molecule has 0 aromatic carbocycles. The minimum atomic E-state index is -3.00. The van der Waals surface area contributed by atoms with Gasteiger partial charge in [-0.05, 0) is 183 Å². The van der Waals surface area contributed by atoms with Crippen LogP contribution >= 0.6 is 0 Å². The van der Waals surface area contributed by atoms with E-state index in [2.05, 4.69) is 132 Å². The summed E-state index contributed by atoms with van der Waals surface area (Å²) in [5, 5.41) is 0. The average molecular weight is 1200 g/mol. The number of hydrogen-bond donors (Lipinski definition) is 0. The van der Waals surface area contributed by atoms with Gasteiger partial charge >= 0.3 is 25.9 Å². The van der Waals surface area contributed by atoms with Gasteiger partial charge in [-0.25, -0.2) is 0 Å². The molecule has 0 aromatic heterocycles. The summed E-state index contributed by atoms with van der Waals surface area (Å²) < 4.78 is 74.9. The molecule has 0 aromatic rings. The predicted molar refractivity (Wildman–Crippen MR) is 331 cm³/mol. The Morgan fingerprint density at radius 2 is 0.567 bits per heavy atom. The first kappa shape index (κ1) is 69.8. The Morgan fingerprint density at radius 1 is 0.299 bits per heavy atom. The number of rotatable bonds is 42. The van der Waals surface area contributed by atoms with Gasteiger partial charge in [-0.1, -0.05) is 45.8 Å². The van der Waals surface area contributed by atoms with E-state index < -0.39 is 131 Å². The second kappa shape index (κ2) is 31.1. The number of hydrogen-bond acceptors (Lipinski definition) is 11. The van der Waals surface area contributed by atoms with E-state index in [0.717, 1.165) is 73.3 Å². The van der Waals surface area contributed by atoms with Crippen molar-refractivity contribution in [3.8, 4) is 0 Å². The first-order valence-electron chi connectivity index (χ1n) is 26.3. The van der Waals surface area contributed by atoms with Crippen LogP contribution in [0.15, 0.2) is 0 Å². The van der Waals surface area contributed by atoms with Crippen molar-refractivity contribution in [2.45, 2.75) is 235 Å².